The normalized spacial score (nSPS) is 12.1. The summed E-state index contributed by atoms with van der Waals surface area (Å²) in [4.78, 5) is 25.0. The fourth-order valence-corrected chi connectivity index (χ4v) is 1.09. The Morgan fingerprint density at radius 1 is 1.67 bits per heavy atom. The van der Waals surface area contributed by atoms with E-state index >= 15 is 0 Å². The van der Waals surface area contributed by atoms with Crippen molar-refractivity contribution in [2.45, 2.75) is 19.4 Å². The Balaban J connectivity index is 2.55. The molecule has 1 unspecified atom stereocenters. The molecule has 0 bridgehead atoms. The molecule has 5 nitrogen and oxygen atoms in total. The third kappa shape index (κ3) is 3.55. The van der Waals surface area contributed by atoms with Gasteiger partial charge in [0.2, 0.25) is 0 Å². The molecule has 1 atom stereocenters. The lowest BCUT2D eigenvalue weighted by Crippen LogP contribution is -2.31. The number of pyridine rings is 1. The minimum absolute atomic E-state index is 0.0862. The van der Waals surface area contributed by atoms with Crippen molar-refractivity contribution in [1.29, 1.82) is 0 Å². The van der Waals surface area contributed by atoms with E-state index in [1.807, 2.05) is 0 Å². The second-order valence-corrected chi connectivity index (χ2v) is 3.31. The Bertz CT molecular complexity index is 384. The largest absolute Gasteiger partial charge is 0.393 e. The van der Waals surface area contributed by atoms with Crippen molar-refractivity contribution in [2.24, 2.45) is 0 Å². The Morgan fingerprint density at radius 2 is 2.40 bits per heavy atom. The molecule has 0 aliphatic heterocycles. The number of aromatic amines is 1. The minimum Gasteiger partial charge on any atom is -0.393 e. The first-order chi connectivity index (χ1) is 7.11. The van der Waals surface area contributed by atoms with Gasteiger partial charge in [0.1, 0.15) is 5.56 Å². The average Bonchev–Trinajstić information content (AvgIpc) is 2.17. The molecule has 0 saturated heterocycles. The highest BCUT2D eigenvalue weighted by molar-refractivity contribution is 5.93. The molecule has 0 radical (unpaired) electrons. The van der Waals surface area contributed by atoms with Crippen LogP contribution in [0.15, 0.2) is 23.1 Å². The first-order valence-corrected chi connectivity index (χ1v) is 4.75. The van der Waals surface area contributed by atoms with E-state index in [0.29, 0.717) is 13.0 Å². The van der Waals surface area contributed by atoms with Gasteiger partial charge < -0.3 is 15.4 Å². The van der Waals surface area contributed by atoms with Crippen molar-refractivity contribution >= 4 is 5.91 Å². The number of carbonyl (C=O) groups is 1. The van der Waals surface area contributed by atoms with Gasteiger partial charge >= 0.3 is 0 Å². The van der Waals surface area contributed by atoms with Gasteiger partial charge in [-0.1, -0.05) is 0 Å². The predicted octanol–water partition coefficient (Wildman–Crippen LogP) is -0.124. The molecule has 1 aromatic heterocycles. The Labute approximate surface area is 87.1 Å². The zero-order chi connectivity index (χ0) is 11.3. The Hall–Kier alpha value is -1.62. The van der Waals surface area contributed by atoms with E-state index in [4.69, 9.17) is 5.11 Å². The van der Waals surface area contributed by atoms with E-state index in [-0.39, 0.29) is 5.56 Å². The molecule has 1 amide bonds. The molecule has 0 spiro atoms. The molecule has 5 heteroatoms. The third-order valence-electron chi connectivity index (χ3n) is 1.91. The third-order valence-corrected chi connectivity index (χ3v) is 1.91. The SMILES string of the molecule is CC(O)CCNC(=O)c1ccc[nH]c1=O. The summed E-state index contributed by atoms with van der Waals surface area (Å²) >= 11 is 0. The van der Waals surface area contributed by atoms with Crippen LogP contribution in [0.2, 0.25) is 0 Å². The van der Waals surface area contributed by atoms with Crippen LogP contribution in [0.5, 0.6) is 0 Å². The summed E-state index contributed by atoms with van der Waals surface area (Å²) in [6, 6.07) is 3.04. The van der Waals surface area contributed by atoms with Crippen LogP contribution in [0.1, 0.15) is 23.7 Å². The second kappa shape index (κ2) is 5.31. The molecule has 0 fully saturated rings. The van der Waals surface area contributed by atoms with Crippen LogP contribution in [-0.2, 0) is 0 Å². The summed E-state index contributed by atoms with van der Waals surface area (Å²) in [6.07, 6.45) is 1.48. The molecule has 1 heterocycles. The second-order valence-electron chi connectivity index (χ2n) is 3.31. The first kappa shape index (κ1) is 11.5. The lowest BCUT2D eigenvalue weighted by Gasteiger charge is -2.05. The quantitative estimate of drug-likeness (QED) is 0.647. The van der Waals surface area contributed by atoms with E-state index in [9.17, 15) is 9.59 Å². The van der Waals surface area contributed by atoms with Crippen LogP contribution < -0.4 is 10.9 Å². The van der Waals surface area contributed by atoms with Crippen molar-refractivity contribution in [3.05, 3.63) is 34.2 Å². The van der Waals surface area contributed by atoms with E-state index in [2.05, 4.69) is 10.3 Å². The number of H-pyrrole nitrogens is 1. The smallest absolute Gasteiger partial charge is 0.260 e. The van der Waals surface area contributed by atoms with Crippen LogP contribution in [0.25, 0.3) is 0 Å². The van der Waals surface area contributed by atoms with Crippen LogP contribution in [0, 0.1) is 0 Å². The monoisotopic (exact) mass is 210 g/mol. The van der Waals surface area contributed by atoms with Gasteiger partial charge in [-0.05, 0) is 25.5 Å². The number of hydrogen-bond acceptors (Lipinski definition) is 3. The van der Waals surface area contributed by atoms with Crippen LogP contribution >= 0.6 is 0 Å². The lowest BCUT2D eigenvalue weighted by atomic mass is 10.2. The maximum atomic E-state index is 11.4. The van der Waals surface area contributed by atoms with Crippen molar-refractivity contribution < 1.29 is 9.90 Å². The van der Waals surface area contributed by atoms with E-state index in [1.54, 1.807) is 13.0 Å². The van der Waals surface area contributed by atoms with Gasteiger partial charge in [0.15, 0.2) is 0 Å². The number of carbonyl (C=O) groups excluding carboxylic acids is 1. The average molecular weight is 210 g/mol. The molecule has 0 aromatic carbocycles. The molecule has 0 aliphatic carbocycles. The summed E-state index contributed by atoms with van der Waals surface area (Å²) in [7, 11) is 0. The minimum atomic E-state index is -0.459. The highest BCUT2D eigenvalue weighted by atomic mass is 16.3. The summed E-state index contributed by atoms with van der Waals surface area (Å²) < 4.78 is 0. The van der Waals surface area contributed by atoms with Crippen LogP contribution in [0.3, 0.4) is 0 Å². The predicted molar refractivity (Wildman–Crippen MR) is 55.7 cm³/mol. The van der Waals surface area contributed by atoms with E-state index in [1.165, 1.54) is 12.3 Å². The number of aliphatic hydroxyl groups excluding tert-OH is 1. The van der Waals surface area contributed by atoms with E-state index < -0.39 is 17.6 Å². The highest BCUT2D eigenvalue weighted by Gasteiger charge is 2.08. The van der Waals surface area contributed by atoms with Gasteiger partial charge in [0.05, 0.1) is 6.10 Å². The lowest BCUT2D eigenvalue weighted by molar-refractivity contribution is 0.0944. The molecule has 3 N–H and O–H groups in total. The van der Waals surface area contributed by atoms with E-state index in [0.717, 1.165) is 0 Å². The van der Waals surface area contributed by atoms with Gasteiger partial charge in [-0.25, -0.2) is 0 Å². The Morgan fingerprint density at radius 3 is 3.00 bits per heavy atom. The molecule has 0 saturated carbocycles. The van der Waals surface area contributed by atoms with Gasteiger partial charge in [-0.2, -0.15) is 0 Å². The highest BCUT2D eigenvalue weighted by Crippen LogP contribution is 1.91. The maximum absolute atomic E-state index is 11.4. The fraction of sp³-hybridized carbons (Fsp3) is 0.400. The van der Waals surface area contributed by atoms with Crippen molar-refractivity contribution in [3.8, 4) is 0 Å². The number of aromatic nitrogens is 1. The zero-order valence-electron chi connectivity index (χ0n) is 8.49. The Kier molecular flexibility index (Phi) is 4.05. The molecule has 0 aliphatic rings. The van der Waals surface area contributed by atoms with Crippen molar-refractivity contribution in [3.63, 3.8) is 0 Å². The topological polar surface area (TPSA) is 82.2 Å². The first-order valence-electron chi connectivity index (χ1n) is 4.75. The van der Waals surface area contributed by atoms with Crippen LogP contribution in [-0.4, -0.2) is 28.6 Å². The van der Waals surface area contributed by atoms with Gasteiger partial charge in [-0.15, -0.1) is 0 Å². The van der Waals surface area contributed by atoms with Gasteiger partial charge in [-0.3, -0.25) is 9.59 Å². The molecule has 1 rings (SSSR count). The number of nitrogens with one attached hydrogen (secondary N) is 2. The summed E-state index contributed by atoms with van der Waals surface area (Å²) in [5.74, 6) is -0.419. The maximum Gasteiger partial charge on any atom is 0.260 e. The molecule has 15 heavy (non-hydrogen) atoms. The molecule has 82 valence electrons. The fourth-order valence-electron chi connectivity index (χ4n) is 1.09. The summed E-state index contributed by atoms with van der Waals surface area (Å²) in [6.45, 7) is 1.99. The molecule has 1 aromatic rings. The molecular formula is C10H14N2O3. The number of aliphatic hydroxyl groups is 1. The van der Waals surface area contributed by atoms with Crippen LogP contribution in [0.4, 0.5) is 0 Å². The number of rotatable bonds is 4. The van der Waals surface area contributed by atoms with Gasteiger partial charge in [0, 0.05) is 12.7 Å². The molecular weight excluding hydrogens is 196 g/mol. The van der Waals surface area contributed by atoms with Crippen molar-refractivity contribution in [2.75, 3.05) is 6.54 Å². The number of hydrogen-bond donors (Lipinski definition) is 3. The standard InChI is InChI=1S/C10H14N2O3/c1-7(13)4-6-12-10(15)8-3-2-5-11-9(8)14/h2-3,5,7,13H,4,6H2,1H3,(H,11,14)(H,12,15). The summed E-state index contributed by atoms with van der Waals surface area (Å²) in [5, 5.41) is 11.5. The zero-order valence-corrected chi connectivity index (χ0v) is 8.49. The van der Waals surface area contributed by atoms with Crippen molar-refractivity contribution in [1.82, 2.24) is 10.3 Å². The number of amides is 1. The van der Waals surface area contributed by atoms with Gasteiger partial charge in [0.25, 0.3) is 11.5 Å². The summed E-state index contributed by atoms with van der Waals surface area (Å²) in [5.41, 5.74) is -0.324.